The fourth-order valence-corrected chi connectivity index (χ4v) is 3.49. The number of benzene rings is 2. The van der Waals surface area contributed by atoms with Crippen molar-refractivity contribution in [2.24, 2.45) is 0 Å². The van der Waals surface area contributed by atoms with E-state index in [0.717, 1.165) is 25.2 Å². The van der Waals surface area contributed by atoms with Crippen molar-refractivity contribution in [1.82, 2.24) is 4.90 Å². The molecule has 2 aromatic carbocycles. The molecule has 138 valence electrons. The fourth-order valence-electron chi connectivity index (χ4n) is 3.03. The van der Waals surface area contributed by atoms with E-state index in [0.29, 0.717) is 41.3 Å². The van der Waals surface area contributed by atoms with Gasteiger partial charge in [-0.1, -0.05) is 41.4 Å². The molecule has 0 aliphatic carbocycles. The first-order valence-corrected chi connectivity index (χ1v) is 9.54. The summed E-state index contributed by atoms with van der Waals surface area (Å²) in [7, 11) is 0. The number of amides is 1. The third-order valence-electron chi connectivity index (χ3n) is 4.37. The number of hydrogen-bond donors (Lipinski definition) is 1. The van der Waals surface area contributed by atoms with E-state index < -0.39 is 0 Å². The molecule has 0 saturated carbocycles. The molecule has 1 aliphatic heterocycles. The standard InChI is InChI=1S/C20H22Cl2N2O2/c21-15-8-9-19(18(22)13-15)26-12-4-7-20(25)24-11-10-17(14-24)23-16-5-2-1-3-6-16/h1-3,5-6,8-9,13,17,23H,4,7,10-12,14H2. The molecule has 4 nitrogen and oxygen atoms in total. The number of halogens is 2. The van der Waals surface area contributed by atoms with E-state index in [2.05, 4.69) is 5.32 Å². The molecular formula is C20H22Cl2N2O2. The number of ether oxygens (including phenoxy) is 1. The van der Waals surface area contributed by atoms with Crippen LogP contribution in [-0.4, -0.2) is 36.5 Å². The molecule has 1 heterocycles. The summed E-state index contributed by atoms with van der Waals surface area (Å²) in [6.07, 6.45) is 2.10. The van der Waals surface area contributed by atoms with Crippen LogP contribution in [0, 0.1) is 0 Å². The second kappa shape index (κ2) is 9.15. The zero-order valence-corrected chi connectivity index (χ0v) is 16.0. The Morgan fingerprint density at radius 1 is 1.19 bits per heavy atom. The second-order valence-electron chi connectivity index (χ2n) is 6.36. The maximum atomic E-state index is 12.4. The van der Waals surface area contributed by atoms with E-state index in [4.69, 9.17) is 27.9 Å². The van der Waals surface area contributed by atoms with Crippen molar-refractivity contribution in [2.45, 2.75) is 25.3 Å². The van der Waals surface area contributed by atoms with Gasteiger partial charge in [-0.2, -0.15) is 0 Å². The Kier molecular flexibility index (Phi) is 6.64. The largest absolute Gasteiger partial charge is 0.492 e. The van der Waals surface area contributed by atoms with Crippen molar-refractivity contribution in [3.63, 3.8) is 0 Å². The molecule has 3 rings (SSSR count). The molecule has 1 aliphatic rings. The average Bonchev–Trinajstić information content (AvgIpc) is 3.09. The van der Waals surface area contributed by atoms with E-state index >= 15 is 0 Å². The Morgan fingerprint density at radius 2 is 2.00 bits per heavy atom. The Labute approximate surface area is 164 Å². The van der Waals surface area contributed by atoms with Gasteiger partial charge in [0.1, 0.15) is 5.75 Å². The number of likely N-dealkylation sites (tertiary alicyclic amines) is 1. The molecule has 0 radical (unpaired) electrons. The van der Waals surface area contributed by atoms with Gasteiger partial charge < -0.3 is 15.0 Å². The molecule has 0 bridgehead atoms. The fraction of sp³-hybridized carbons (Fsp3) is 0.350. The third-order valence-corrected chi connectivity index (χ3v) is 4.90. The van der Waals surface area contributed by atoms with Crippen LogP contribution in [0.25, 0.3) is 0 Å². The molecule has 0 aromatic heterocycles. The molecule has 1 fully saturated rings. The summed E-state index contributed by atoms with van der Waals surface area (Å²) < 4.78 is 5.63. The average molecular weight is 393 g/mol. The summed E-state index contributed by atoms with van der Waals surface area (Å²) in [5.74, 6) is 0.768. The lowest BCUT2D eigenvalue weighted by Crippen LogP contribution is -2.31. The Hall–Kier alpha value is -1.91. The summed E-state index contributed by atoms with van der Waals surface area (Å²) in [6.45, 7) is 2.00. The first kappa shape index (κ1) is 18.9. The first-order chi connectivity index (χ1) is 12.6. The number of nitrogens with zero attached hydrogens (tertiary/aromatic N) is 1. The third kappa shape index (κ3) is 5.29. The molecule has 2 aromatic rings. The molecule has 1 atom stereocenters. The maximum Gasteiger partial charge on any atom is 0.222 e. The van der Waals surface area contributed by atoms with E-state index in [9.17, 15) is 4.79 Å². The number of para-hydroxylation sites is 1. The van der Waals surface area contributed by atoms with Gasteiger partial charge in [0.25, 0.3) is 0 Å². The maximum absolute atomic E-state index is 12.4. The Bertz CT molecular complexity index is 740. The molecule has 1 amide bonds. The lowest BCUT2D eigenvalue weighted by Gasteiger charge is -2.18. The van der Waals surface area contributed by atoms with Crippen LogP contribution in [-0.2, 0) is 4.79 Å². The summed E-state index contributed by atoms with van der Waals surface area (Å²) in [6, 6.07) is 15.5. The van der Waals surface area contributed by atoms with Gasteiger partial charge in [0, 0.05) is 36.3 Å². The topological polar surface area (TPSA) is 41.6 Å². The normalized spacial score (nSPS) is 16.5. The van der Waals surface area contributed by atoms with Crippen LogP contribution in [0.2, 0.25) is 10.0 Å². The number of carbonyl (C=O) groups is 1. The summed E-state index contributed by atoms with van der Waals surface area (Å²) in [5, 5.41) is 4.54. The first-order valence-electron chi connectivity index (χ1n) is 8.79. The van der Waals surface area contributed by atoms with Crippen LogP contribution in [0.15, 0.2) is 48.5 Å². The zero-order chi connectivity index (χ0) is 18.4. The molecule has 6 heteroatoms. The van der Waals surface area contributed by atoms with Gasteiger partial charge in [-0.05, 0) is 43.2 Å². The van der Waals surface area contributed by atoms with Gasteiger partial charge in [0.15, 0.2) is 0 Å². The lowest BCUT2D eigenvalue weighted by molar-refractivity contribution is -0.130. The molecule has 1 saturated heterocycles. The molecule has 0 spiro atoms. The predicted octanol–water partition coefficient (Wildman–Crippen LogP) is 4.87. The van der Waals surface area contributed by atoms with Gasteiger partial charge in [0.05, 0.1) is 11.6 Å². The quantitative estimate of drug-likeness (QED) is 0.683. The SMILES string of the molecule is O=C(CCCOc1ccc(Cl)cc1Cl)N1CCC(Nc2ccccc2)C1. The predicted molar refractivity (Wildman–Crippen MR) is 106 cm³/mol. The van der Waals surface area contributed by atoms with Crippen LogP contribution in [0.1, 0.15) is 19.3 Å². The number of nitrogens with one attached hydrogen (secondary N) is 1. The highest BCUT2D eigenvalue weighted by molar-refractivity contribution is 6.35. The Morgan fingerprint density at radius 3 is 2.77 bits per heavy atom. The molecular weight excluding hydrogens is 371 g/mol. The van der Waals surface area contributed by atoms with Crippen molar-refractivity contribution in [2.75, 3.05) is 25.0 Å². The number of hydrogen-bond acceptors (Lipinski definition) is 3. The van der Waals surface area contributed by atoms with Crippen LogP contribution in [0.3, 0.4) is 0 Å². The van der Waals surface area contributed by atoms with Gasteiger partial charge in [-0.25, -0.2) is 0 Å². The van der Waals surface area contributed by atoms with Gasteiger partial charge in [-0.3, -0.25) is 4.79 Å². The monoisotopic (exact) mass is 392 g/mol. The zero-order valence-electron chi connectivity index (χ0n) is 14.5. The number of carbonyl (C=O) groups excluding carboxylic acids is 1. The molecule has 1 unspecified atom stereocenters. The summed E-state index contributed by atoms with van der Waals surface area (Å²) in [5.41, 5.74) is 1.10. The van der Waals surface area contributed by atoms with Crippen molar-refractivity contribution in [3.8, 4) is 5.75 Å². The van der Waals surface area contributed by atoms with Crippen molar-refractivity contribution in [3.05, 3.63) is 58.6 Å². The van der Waals surface area contributed by atoms with Crippen LogP contribution < -0.4 is 10.1 Å². The van der Waals surface area contributed by atoms with E-state index in [1.165, 1.54) is 0 Å². The van der Waals surface area contributed by atoms with Gasteiger partial charge >= 0.3 is 0 Å². The molecule has 1 N–H and O–H groups in total. The highest BCUT2D eigenvalue weighted by atomic mass is 35.5. The minimum atomic E-state index is 0.174. The van der Waals surface area contributed by atoms with Crippen LogP contribution >= 0.6 is 23.2 Å². The number of rotatable bonds is 7. The minimum absolute atomic E-state index is 0.174. The van der Waals surface area contributed by atoms with Crippen molar-refractivity contribution >= 4 is 34.8 Å². The van der Waals surface area contributed by atoms with Crippen LogP contribution in [0.5, 0.6) is 5.75 Å². The highest BCUT2D eigenvalue weighted by Gasteiger charge is 2.25. The summed E-state index contributed by atoms with van der Waals surface area (Å²) in [4.78, 5) is 14.3. The smallest absolute Gasteiger partial charge is 0.222 e. The van der Waals surface area contributed by atoms with E-state index in [1.54, 1.807) is 18.2 Å². The minimum Gasteiger partial charge on any atom is -0.492 e. The summed E-state index contributed by atoms with van der Waals surface area (Å²) >= 11 is 11.9. The molecule has 26 heavy (non-hydrogen) atoms. The van der Waals surface area contributed by atoms with E-state index in [1.807, 2.05) is 35.2 Å². The van der Waals surface area contributed by atoms with Gasteiger partial charge in [-0.15, -0.1) is 0 Å². The number of anilines is 1. The second-order valence-corrected chi connectivity index (χ2v) is 7.21. The van der Waals surface area contributed by atoms with Crippen LogP contribution in [0.4, 0.5) is 5.69 Å². The van der Waals surface area contributed by atoms with Gasteiger partial charge in [0.2, 0.25) is 5.91 Å². The van der Waals surface area contributed by atoms with Crippen molar-refractivity contribution < 1.29 is 9.53 Å². The lowest BCUT2D eigenvalue weighted by atomic mass is 10.2. The Balaban J connectivity index is 1.37. The van der Waals surface area contributed by atoms with Crippen molar-refractivity contribution in [1.29, 1.82) is 0 Å². The van der Waals surface area contributed by atoms with E-state index in [-0.39, 0.29) is 5.91 Å². The highest BCUT2D eigenvalue weighted by Crippen LogP contribution is 2.27.